The highest BCUT2D eigenvalue weighted by Crippen LogP contribution is 2.30. The number of carbonyl (C=O) groups excluding carboxylic acids is 3. The van der Waals surface area contributed by atoms with E-state index in [1.54, 1.807) is 0 Å². The molecule has 4 amide bonds. The molecule has 0 spiro atoms. The molecule has 1 heterocycles. The van der Waals surface area contributed by atoms with Crippen LogP contribution in [0.5, 0.6) is 0 Å². The van der Waals surface area contributed by atoms with Gasteiger partial charge in [0.15, 0.2) is 0 Å². The van der Waals surface area contributed by atoms with Crippen molar-refractivity contribution in [2.75, 3.05) is 13.1 Å². The monoisotopic (exact) mass is 325 g/mol. The van der Waals surface area contributed by atoms with E-state index in [1.165, 1.54) is 6.92 Å². The lowest BCUT2D eigenvalue weighted by Gasteiger charge is -2.22. The third-order valence-electron chi connectivity index (χ3n) is 3.62. The van der Waals surface area contributed by atoms with Gasteiger partial charge in [0, 0.05) is 18.2 Å². The van der Waals surface area contributed by atoms with Crippen molar-refractivity contribution in [3.05, 3.63) is 35.4 Å². The Bertz CT molecular complexity index is 665. The maximum Gasteiger partial charge on any atom is 0.325 e. The fraction of sp³-hybridized carbons (Fsp3) is 0.400. The van der Waals surface area contributed by atoms with Gasteiger partial charge < -0.3 is 10.6 Å². The SMILES string of the molecule is CCCNC(=O)CN1C(=O)NC(C)(c2ccc(F)cc2F)C1=O. The van der Waals surface area contributed by atoms with Crippen LogP contribution in [0.1, 0.15) is 25.8 Å². The van der Waals surface area contributed by atoms with Crippen LogP contribution in [0.4, 0.5) is 13.6 Å². The number of benzene rings is 1. The van der Waals surface area contributed by atoms with Gasteiger partial charge in [-0.1, -0.05) is 13.0 Å². The molecule has 0 saturated carbocycles. The molecule has 8 heteroatoms. The predicted molar refractivity (Wildman–Crippen MR) is 77.3 cm³/mol. The second-order valence-corrected chi connectivity index (χ2v) is 5.42. The number of halogens is 2. The maximum absolute atomic E-state index is 14.0. The molecule has 1 unspecified atom stereocenters. The lowest BCUT2D eigenvalue weighted by Crippen LogP contribution is -2.43. The molecule has 0 bridgehead atoms. The Balaban J connectivity index is 2.24. The van der Waals surface area contributed by atoms with Crippen molar-refractivity contribution in [3.8, 4) is 0 Å². The number of nitrogens with zero attached hydrogens (tertiary/aromatic N) is 1. The summed E-state index contributed by atoms with van der Waals surface area (Å²) in [5.74, 6) is -2.99. The number of nitrogens with one attached hydrogen (secondary N) is 2. The van der Waals surface area contributed by atoms with E-state index in [0.717, 1.165) is 12.1 Å². The number of carbonyl (C=O) groups is 3. The number of hydrogen-bond donors (Lipinski definition) is 2. The van der Waals surface area contributed by atoms with E-state index in [4.69, 9.17) is 0 Å². The Kier molecular flexibility index (Phi) is 4.63. The molecule has 1 aliphatic rings. The van der Waals surface area contributed by atoms with E-state index in [1.807, 2.05) is 6.92 Å². The zero-order valence-electron chi connectivity index (χ0n) is 12.8. The van der Waals surface area contributed by atoms with Gasteiger partial charge in [-0.15, -0.1) is 0 Å². The Morgan fingerprint density at radius 3 is 2.65 bits per heavy atom. The topological polar surface area (TPSA) is 78.5 Å². The molecule has 1 atom stereocenters. The van der Waals surface area contributed by atoms with Gasteiger partial charge in [0.05, 0.1) is 0 Å². The maximum atomic E-state index is 14.0. The molecule has 0 radical (unpaired) electrons. The van der Waals surface area contributed by atoms with Crippen molar-refractivity contribution >= 4 is 17.8 Å². The van der Waals surface area contributed by atoms with Crippen molar-refractivity contribution < 1.29 is 23.2 Å². The van der Waals surface area contributed by atoms with Crippen LogP contribution >= 0.6 is 0 Å². The molecule has 1 saturated heterocycles. The summed E-state index contributed by atoms with van der Waals surface area (Å²) in [5.41, 5.74) is -1.84. The molecule has 0 aromatic heterocycles. The summed E-state index contributed by atoms with van der Waals surface area (Å²) in [6.07, 6.45) is 0.713. The number of rotatable bonds is 5. The van der Waals surface area contributed by atoms with Gasteiger partial charge in [-0.25, -0.2) is 13.6 Å². The van der Waals surface area contributed by atoms with Crippen LogP contribution < -0.4 is 10.6 Å². The van der Waals surface area contributed by atoms with Gasteiger partial charge in [-0.05, 0) is 19.4 Å². The third kappa shape index (κ3) is 3.15. The molecule has 2 rings (SSSR count). The first kappa shape index (κ1) is 16.9. The van der Waals surface area contributed by atoms with Crippen molar-refractivity contribution in [3.63, 3.8) is 0 Å². The van der Waals surface area contributed by atoms with E-state index in [0.29, 0.717) is 23.9 Å². The fourth-order valence-corrected chi connectivity index (χ4v) is 2.38. The Labute approximate surface area is 131 Å². The summed E-state index contributed by atoms with van der Waals surface area (Å²) in [5, 5.41) is 4.91. The second kappa shape index (κ2) is 6.31. The van der Waals surface area contributed by atoms with Crippen LogP contribution in [0.25, 0.3) is 0 Å². The zero-order chi connectivity index (χ0) is 17.2. The predicted octanol–water partition coefficient (Wildman–Crippen LogP) is 1.26. The van der Waals surface area contributed by atoms with Crippen molar-refractivity contribution in [2.45, 2.75) is 25.8 Å². The zero-order valence-corrected chi connectivity index (χ0v) is 12.8. The summed E-state index contributed by atoms with van der Waals surface area (Å²) in [6.45, 7) is 3.14. The van der Waals surface area contributed by atoms with E-state index in [-0.39, 0.29) is 5.56 Å². The van der Waals surface area contributed by atoms with Gasteiger partial charge in [-0.3, -0.25) is 14.5 Å². The first-order valence-corrected chi connectivity index (χ1v) is 7.16. The van der Waals surface area contributed by atoms with Gasteiger partial charge >= 0.3 is 6.03 Å². The standard InChI is InChI=1S/C15H17F2N3O3/c1-3-6-18-12(21)8-20-13(22)15(2,19-14(20)23)10-5-4-9(16)7-11(10)17/h4-5,7H,3,6,8H2,1-2H3,(H,18,21)(H,19,23). The first-order chi connectivity index (χ1) is 10.8. The molecule has 1 aromatic carbocycles. The van der Waals surface area contributed by atoms with Crippen LogP contribution in [0, 0.1) is 11.6 Å². The molecule has 124 valence electrons. The quantitative estimate of drug-likeness (QED) is 0.800. The highest BCUT2D eigenvalue weighted by molar-refractivity contribution is 6.09. The second-order valence-electron chi connectivity index (χ2n) is 5.42. The van der Waals surface area contributed by atoms with Crippen molar-refractivity contribution in [2.24, 2.45) is 0 Å². The van der Waals surface area contributed by atoms with Crippen LogP contribution in [0.3, 0.4) is 0 Å². The highest BCUT2D eigenvalue weighted by atomic mass is 19.1. The highest BCUT2D eigenvalue weighted by Gasteiger charge is 2.50. The van der Waals surface area contributed by atoms with Crippen molar-refractivity contribution in [1.29, 1.82) is 0 Å². The molecular formula is C15H17F2N3O3. The normalized spacial score (nSPS) is 20.6. The minimum absolute atomic E-state index is 0.159. The van der Waals surface area contributed by atoms with Gasteiger partial charge in [-0.2, -0.15) is 0 Å². The van der Waals surface area contributed by atoms with Crippen LogP contribution in [-0.2, 0) is 15.1 Å². The van der Waals surface area contributed by atoms with Gasteiger partial charge in [0.25, 0.3) is 5.91 Å². The number of imide groups is 1. The number of amides is 4. The van der Waals surface area contributed by atoms with Crippen LogP contribution in [-0.4, -0.2) is 35.8 Å². The summed E-state index contributed by atoms with van der Waals surface area (Å²) in [4.78, 5) is 36.9. The Hall–Kier alpha value is -2.51. The Morgan fingerprint density at radius 1 is 1.35 bits per heavy atom. The smallest absolute Gasteiger partial charge is 0.325 e. The molecule has 23 heavy (non-hydrogen) atoms. The molecular weight excluding hydrogens is 308 g/mol. The fourth-order valence-electron chi connectivity index (χ4n) is 2.38. The van der Waals surface area contributed by atoms with Crippen molar-refractivity contribution in [1.82, 2.24) is 15.5 Å². The molecule has 0 aliphatic carbocycles. The van der Waals surface area contributed by atoms with Gasteiger partial charge in [0.2, 0.25) is 5.91 Å². The number of hydrogen-bond acceptors (Lipinski definition) is 3. The summed E-state index contributed by atoms with van der Waals surface area (Å²) in [6, 6.07) is 1.94. The summed E-state index contributed by atoms with van der Waals surface area (Å²) in [7, 11) is 0. The molecule has 1 fully saturated rings. The minimum Gasteiger partial charge on any atom is -0.355 e. The van der Waals surface area contributed by atoms with Crippen LogP contribution in [0.2, 0.25) is 0 Å². The summed E-state index contributed by atoms with van der Waals surface area (Å²) >= 11 is 0. The number of urea groups is 1. The van der Waals surface area contributed by atoms with E-state index in [9.17, 15) is 23.2 Å². The lowest BCUT2D eigenvalue weighted by molar-refractivity contribution is -0.134. The molecule has 1 aromatic rings. The lowest BCUT2D eigenvalue weighted by atomic mass is 9.91. The molecule has 1 aliphatic heterocycles. The van der Waals surface area contributed by atoms with E-state index in [2.05, 4.69) is 10.6 Å². The third-order valence-corrected chi connectivity index (χ3v) is 3.62. The Morgan fingerprint density at radius 2 is 2.04 bits per heavy atom. The average Bonchev–Trinajstić information content (AvgIpc) is 2.69. The molecule has 6 nitrogen and oxygen atoms in total. The summed E-state index contributed by atoms with van der Waals surface area (Å²) < 4.78 is 27.0. The van der Waals surface area contributed by atoms with E-state index >= 15 is 0 Å². The van der Waals surface area contributed by atoms with Gasteiger partial charge in [0.1, 0.15) is 23.7 Å². The molecule has 2 N–H and O–H groups in total. The minimum atomic E-state index is -1.68. The average molecular weight is 325 g/mol. The van der Waals surface area contributed by atoms with Crippen LogP contribution in [0.15, 0.2) is 18.2 Å². The first-order valence-electron chi connectivity index (χ1n) is 7.16. The van der Waals surface area contributed by atoms with E-state index < -0.39 is 41.6 Å². The largest absolute Gasteiger partial charge is 0.355 e.